The van der Waals surface area contributed by atoms with Crippen molar-refractivity contribution < 1.29 is 18.6 Å². The summed E-state index contributed by atoms with van der Waals surface area (Å²) < 4.78 is 25.6. The molecule has 0 saturated heterocycles. The van der Waals surface area contributed by atoms with Crippen LogP contribution in [0.1, 0.15) is 5.56 Å². The van der Waals surface area contributed by atoms with Crippen LogP contribution in [0.5, 0.6) is 0 Å². The van der Waals surface area contributed by atoms with E-state index in [-0.39, 0.29) is 5.56 Å². The van der Waals surface area contributed by atoms with Crippen LogP contribution in [0.3, 0.4) is 0 Å². The molecular weight excluding hydrogens is 185 g/mol. The molecule has 2 nitrogen and oxygen atoms in total. The van der Waals surface area contributed by atoms with E-state index in [9.17, 15) is 8.78 Å². The first-order chi connectivity index (χ1) is 5.55. The van der Waals surface area contributed by atoms with E-state index in [1.165, 1.54) is 12.1 Å². The molecule has 0 aliphatic carbocycles. The van der Waals surface area contributed by atoms with Gasteiger partial charge in [-0.25, -0.2) is 0 Å². The fraction of sp³-hybridized carbons (Fsp3) is 0.143. The maximum absolute atomic E-state index is 12.8. The number of alkyl halides is 2. The van der Waals surface area contributed by atoms with Gasteiger partial charge in [0.1, 0.15) is 0 Å². The van der Waals surface area contributed by atoms with Crippen LogP contribution in [0.2, 0.25) is 0 Å². The first-order valence-corrected chi connectivity index (χ1v) is 4.41. The molecular formula is C7H7F2O2P. The van der Waals surface area contributed by atoms with Gasteiger partial charge in [0, 0.05) is 5.56 Å². The fourth-order valence-corrected chi connectivity index (χ4v) is 1.13. The lowest BCUT2D eigenvalue weighted by Gasteiger charge is -2.16. The van der Waals surface area contributed by atoms with Crippen LogP contribution in [0, 0.1) is 0 Å². The molecule has 1 rings (SSSR count). The summed E-state index contributed by atoms with van der Waals surface area (Å²) in [4.78, 5) is 16.8. The summed E-state index contributed by atoms with van der Waals surface area (Å²) in [5.41, 5.74) is -3.91. The van der Waals surface area contributed by atoms with E-state index in [1.807, 2.05) is 0 Å². The van der Waals surface area contributed by atoms with E-state index in [1.54, 1.807) is 6.07 Å². The minimum atomic E-state index is -3.53. The number of benzene rings is 1. The Morgan fingerprint density at radius 3 is 2.00 bits per heavy atom. The standard InChI is InChI=1S/C7H7F2O2P/c8-7(9,12(10)11)6-4-2-1-3-5-6/h1-5,10-11H. The van der Waals surface area contributed by atoms with Gasteiger partial charge < -0.3 is 9.79 Å². The van der Waals surface area contributed by atoms with Crippen LogP contribution in [0.4, 0.5) is 8.78 Å². The van der Waals surface area contributed by atoms with E-state index >= 15 is 0 Å². The molecule has 0 aliphatic rings. The summed E-state index contributed by atoms with van der Waals surface area (Å²) in [6, 6.07) is 6.73. The highest BCUT2D eigenvalue weighted by molar-refractivity contribution is 7.46. The van der Waals surface area contributed by atoms with Crippen molar-refractivity contribution in [2.24, 2.45) is 0 Å². The summed E-state index contributed by atoms with van der Waals surface area (Å²) in [5.74, 6) is 0. The minimum Gasteiger partial charge on any atom is -0.346 e. The number of hydrogen-bond acceptors (Lipinski definition) is 2. The van der Waals surface area contributed by atoms with Gasteiger partial charge in [-0.1, -0.05) is 30.3 Å². The van der Waals surface area contributed by atoms with E-state index < -0.39 is 14.0 Å². The normalized spacial score (nSPS) is 12.1. The summed E-state index contributed by atoms with van der Waals surface area (Å²) in [5, 5.41) is 0. The van der Waals surface area contributed by atoms with Crippen molar-refractivity contribution in [2.75, 3.05) is 0 Å². The van der Waals surface area contributed by atoms with Gasteiger partial charge in [-0.2, -0.15) is 8.78 Å². The Kier molecular flexibility index (Phi) is 2.73. The Bertz CT molecular complexity index is 251. The highest BCUT2D eigenvalue weighted by Gasteiger charge is 2.40. The van der Waals surface area contributed by atoms with Gasteiger partial charge in [-0.05, 0) is 0 Å². The molecule has 1 aromatic carbocycles. The van der Waals surface area contributed by atoms with Crippen molar-refractivity contribution in [3.63, 3.8) is 0 Å². The van der Waals surface area contributed by atoms with Crippen LogP contribution in [-0.4, -0.2) is 9.79 Å². The predicted octanol–water partition coefficient (Wildman–Crippen LogP) is 2.03. The molecule has 0 spiro atoms. The molecule has 5 heteroatoms. The summed E-state index contributed by atoms with van der Waals surface area (Å²) in [6.45, 7) is 0. The molecule has 0 aliphatic heterocycles. The molecule has 12 heavy (non-hydrogen) atoms. The summed E-state index contributed by atoms with van der Waals surface area (Å²) >= 11 is 0. The molecule has 0 bridgehead atoms. The Morgan fingerprint density at radius 2 is 1.58 bits per heavy atom. The molecule has 0 unspecified atom stereocenters. The van der Waals surface area contributed by atoms with Gasteiger partial charge >= 0.3 is 5.66 Å². The third-order valence-corrected chi connectivity index (χ3v) is 2.13. The SMILES string of the molecule is OP(O)C(F)(F)c1ccccc1. The molecule has 0 amide bonds. The van der Waals surface area contributed by atoms with Crippen LogP contribution in [-0.2, 0) is 5.66 Å². The Morgan fingerprint density at radius 1 is 1.08 bits per heavy atom. The van der Waals surface area contributed by atoms with Gasteiger partial charge in [0.15, 0.2) is 0 Å². The largest absolute Gasteiger partial charge is 0.346 e. The lowest BCUT2D eigenvalue weighted by molar-refractivity contribution is 0.0732. The number of rotatable bonds is 2. The zero-order chi connectivity index (χ0) is 9.19. The molecule has 0 fully saturated rings. The van der Waals surface area contributed by atoms with Crippen molar-refractivity contribution in [1.82, 2.24) is 0 Å². The van der Waals surface area contributed by atoms with E-state index in [0.29, 0.717) is 0 Å². The molecule has 0 atom stereocenters. The molecule has 0 radical (unpaired) electrons. The molecule has 0 heterocycles. The van der Waals surface area contributed by atoms with Gasteiger partial charge in [0.05, 0.1) is 0 Å². The number of halogens is 2. The molecule has 2 N–H and O–H groups in total. The summed E-state index contributed by atoms with van der Waals surface area (Å²) in [7, 11) is -3.25. The van der Waals surface area contributed by atoms with Crippen LogP contribution < -0.4 is 0 Å². The first-order valence-electron chi connectivity index (χ1n) is 3.16. The zero-order valence-corrected chi connectivity index (χ0v) is 6.88. The highest BCUT2D eigenvalue weighted by atomic mass is 31.2. The third-order valence-electron chi connectivity index (χ3n) is 1.37. The first kappa shape index (κ1) is 9.52. The van der Waals surface area contributed by atoms with Crippen LogP contribution >= 0.6 is 8.38 Å². The maximum Gasteiger partial charge on any atom is 0.339 e. The predicted molar refractivity (Wildman–Crippen MR) is 41.7 cm³/mol. The van der Waals surface area contributed by atoms with Crippen molar-refractivity contribution in [3.05, 3.63) is 35.9 Å². The monoisotopic (exact) mass is 192 g/mol. The van der Waals surface area contributed by atoms with Gasteiger partial charge in [0.25, 0.3) is 0 Å². The second-order valence-electron chi connectivity index (χ2n) is 2.20. The van der Waals surface area contributed by atoms with Crippen molar-refractivity contribution in [3.8, 4) is 0 Å². The second-order valence-corrected chi connectivity index (χ2v) is 3.34. The molecule has 0 saturated carbocycles. The van der Waals surface area contributed by atoms with Crippen molar-refractivity contribution >= 4 is 8.38 Å². The average molecular weight is 192 g/mol. The maximum atomic E-state index is 12.8. The van der Waals surface area contributed by atoms with E-state index in [2.05, 4.69) is 0 Å². The Balaban J connectivity index is 2.98. The fourth-order valence-electron chi connectivity index (χ4n) is 0.754. The lowest BCUT2D eigenvalue weighted by atomic mass is 10.2. The average Bonchev–Trinajstić information content (AvgIpc) is 2.06. The van der Waals surface area contributed by atoms with Gasteiger partial charge in [-0.3, -0.25) is 0 Å². The highest BCUT2D eigenvalue weighted by Crippen LogP contribution is 2.52. The minimum absolute atomic E-state index is 0.374. The quantitative estimate of drug-likeness (QED) is 0.704. The van der Waals surface area contributed by atoms with Crippen LogP contribution in [0.15, 0.2) is 30.3 Å². The van der Waals surface area contributed by atoms with Gasteiger partial charge in [-0.15, -0.1) is 0 Å². The zero-order valence-electron chi connectivity index (χ0n) is 5.98. The van der Waals surface area contributed by atoms with Crippen LogP contribution in [0.25, 0.3) is 0 Å². The molecule has 66 valence electrons. The van der Waals surface area contributed by atoms with Crippen molar-refractivity contribution in [1.29, 1.82) is 0 Å². The van der Waals surface area contributed by atoms with Gasteiger partial charge in [0.2, 0.25) is 8.38 Å². The topological polar surface area (TPSA) is 40.5 Å². The third kappa shape index (κ3) is 1.78. The Hall–Kier alpha value is -0.570. The Labute approximate surface area is 69.4 Å². The second kappa shape index (κ2) is 3.44. The molecule has 0 aromatic heterocycles. The number of hydrogen-bond donors (Lipinski definition) is 2. The lowest BCUT2D eigenvalue weighted by Crippen LogP contribution is -2.09. The van der Waals surface area contributed by atoms with E-state index in [0.717, 1.165) is 12.1 Å². The van der Waals surface area contributed by atoms with Crippen molar-refractivity contribution in [2.45, 2.75) is 5.66 Å². The smallest absolute Gasteiger partial charge is 0.339 e. The molecule has 1 aromatic rings. The summed E-state index contributed by atoms with van der Waals surface area (Å²) in [6.07, 6.45) is 0. The van der Waals surface area contributed by atoms with E-state index in [4.69, 9.17) is 9.79 Å².